The zero-order valence-corrected chi connectivity index (χ0v) is 7.18. The maximum absolute atomic E-state index is 7.77. The van der Waals surface area contributed by atoms with E-state index in [1.807, 2.05) is 0 Å². The van der Waals surface area contributed by atoms with Gasteiger partial charge in [0.05, 0.1) is 12.5 Å². The van der Waals surface area contributed by atoms with Crippen LogP contribution in [-0.2, 0) is 0 Å². The van der Waals surface area contributed by atoms with Gasteiger partial charge in [0.2, 0.25) is 0 Å². The third kappa shape index (κ3) is 1.84. The van der Waals surface area contributed by atoms with Crippen LogP contribution in [0.4, 0.5) is 0 Å². The molecule has 0 aliphatic carbocycles. The van der Waals surface area contributed by atoms with Gasteiger partial charge >= 0.3 is 0 Å². The number of nitrogens with zero attached hydrogens (tertiary/aromatic N) is 2. The predicted molar refractivity (Wildman–Crippen MR) is 52.5 cm³/mol. The Morgan fingerprint density at radius 2 is 1.92 bits per heavy atom. The number of hydrogen-bond donors (Lipinski definition) is 0. The Morgan fingerprint density at radius 1 is 1.15 bits per heavy atom. The second-order valence-corrected chi connectivity index (χ2v) is 2.61. The Morgan fingerprint density at radius 3 is 2.62 bits per heavy atom. The van der Waals surface area contributed by atoms with Crippen LogP contribution in [-0.4, -0.2) is 9.97 Å². The number of aromatic nitrogens is 2. The van der Waals surface area contributed by atoms with Crippen molar-refractivity contribution in [3.63, 3.8) is 0 Å². The summed E-state index contributed by atoms with van der Waals surface area (Å²) in [6.45, 7) is 0. The molecule has 0 amide bonds. The fourth-order valence-electron chi connectivity index (χ4n) is 0.848. The summed E-state index contributed by atoms with van der Waals surface area (Å²) < 4.78 is 38.1. The van der Waals surface area contributed by atoms with E-state index in [1.165, 1.54) is 12.4 Å². The van der Waals surface area contributed by atoms with Crippen LogP contribution in [0, 0.1) is 0 Å². The molecule has 64 valence electrons. The molecule has 0 fully saturated rings. The Labute approximate surface area is 88.3 Å². The molecule has 1 heterocycles. The van der Waals surface area contributed by atoms with Crippen LogP contribution in [0.25, 0.3) is 11.3 Å². The van der Waals surface area contributed by atoms with E-state index in [0.29, 0.717) is 0 Å². The van der Waals surface area contributed by atoms with Crippen molar-refractivity contribution >= 4 is 11.6 Å². The molecule has 0 spiro atoms. The number of halogens is 1. The van der Waals surface area contributed by atoms with Crippen molar-refractivity contribution in [3.05, 3.63) is 47.8 Å². The summed E-state index contributed by atoms with van der Waals surface area (Å²) in [6, 6.07) is -0.503. The molecule has 2 aromatic rings. The Balaban J connectivity index is 2.80. The summed E-state index contributed by atoms with van der Waals surface area (Å²) in [5.74, 6) is 0. The van der Waals surface area contributed by atoms with Crippen LogP contribution in [0.1, 0.15) is 6.85 Å². The van der Waals surface area contributed by atoms with Crippen molar-refractivity contribution in [1.29, 1.82) is 0 Å². The van der Waals surface area contributed by atoms with Gasteiger partial charge in [-0.2, -0.15) is 0 Å². The van der Waals surface area contributed by atoms with Crippen molar-refractivity contribution < 1.29 is 6.85 Å². The minimum absolute atomic E-state index is 0.0188. The molecule has 0 atom stereocenters. The van der Waals surface area contributed by atoms with E-state index < -0.39 is 18.1 Å². The van der Waals surface area contributed by atoms with Crippen LogP contribution in [0.15, 0.2) is 42.6 Å². The number of hydrogen-bond acceptors (Lipinski definition) is 2. The molecule has 0 bridgehead atoms. The molecular formula is C10H7ClN2. The molecule has 0 N–H and O–H groups in total. The van der Waals surface area contributed by atoms with Gasteiger partial charge in [0.1, 0.15) is 11.5 Å². The first-order valence-corrected chi connectivity index (χ1v) is 3.86. The third-order valence-electron chi connectivity index (χ3n) is 1.39. The molecule has 1 aromatic heterocycles. The minimum atomic E-state index is -0.436. The molecule has 0 saturated carbocycles. The molecule has 0 aliphatic heterocycles. The third-order valence-corrected chi connectivity index (χ3v) is 1.60. The van der Waals surface area contributed by atoms with Gasteiger partial charge in [-0.15, -0.1) is 0 Å². The molecular weight excluding hydrogens is 184 g/mol. The van der Waals surface area contributed by atoms with Gasteiger partial charge in [0.25, 0.3) is 0 Å². The lowest BCUT2D eigenvalue weighted by molar-refractivity contribution is 1.17. The fourth-order valence-corrected chi connectivity index (χ4v) is 0.995. The first kappa shape index (κ1) is 4.20. The molecule has 3 heteroatoms. The van der Waals surface area contributed by atoms with Crippen LogP contribution < -0.4 is 0 Å². The van der Waals surface area contributed by atoms with E-state index in [9.17, 15) is 0 Å². The van der Waals surface area contributed by atoms with E-state index in [-0.39, 0.29) is 28.5 Å². The van der Waals surface area contributed by atoms with Gasteiger partial charge < -0.3 is 0 Å². The van der Waals surface area contributed by atoms with E-state index in [1.54, 1.807) is 0 Å². The fraction of sp³-hybridized carbons (Fsp3) is 0. The summed E-state index contributed by atoms with van der Waals surface area (Å²) in [5, 5.41) is 0.145. The largest absolute Gasteiger partial charge is 0.236 e. The topological polar surface area (TPSA) is 25.8 Å². The van der Waals surface area contributed by atoms with Gasteiger partial charge in [0.15, 0.2) is 0 Å². The molecule has 1 aromatic carbocycles. The second-order valence-electron chi connectivity index (χ2n) is 2.23. The summed E-state index contributed by atoms with van der Waals surface area (Å²) in [5.41, 5.74) is 0.220. The zero-order chi connectivity index (χ0) is 13.4. The van der Waals surface area contributed by atoms with Gasteiger partial charge in [-0.05, 0) is 0 Å². The highest BCUT2D eigenvalue weighted by Gasteiger charge is 1.98. The summed E-state index contributed by atoms with van der Waals surface area (Å²) in [4.78, 5) is 7.57. The first-order chi connectivity index (χ1) is 8.43. The number of rotatable bonds is 1. The highest BCUT2D eigenvalue weighted by Crippen LogP contribution is 2.17. The van der Waals surface area contributed by atoms with Gasteiger partial charge in [-0.1, -0.05) is 41.8 Å². The lowest BCUT2D eigenvalue weighted by Gasteiger charge is -1.98. The van der Waals surface area contributed by atoms with E-state index in [2.05, 4.69) is 9.97 Å². The van der Waals surface area contributed by atoms with Crippen LogP contribution in [0.3, 0.4) is 0 Å². The van der Waals surface area contributed by atoms with Gasteiger partial charge in [-0.25, -0.2) is 9.97 Å². The van der Waals surface area contributed by atoms with E-state index >= 15 is 0 Å². The Kier molecular flexibility index (Phi) is 1.14. The Bertz CT molecular complexity index is 603. The van der Waals surface area contributed by atoms with Crippen LogP contribution in [0.5, 0.6) is 0 Å². The first-order valence-electron chi connectivity index (χ1n) is 5.98. The standard InChI is InChI=1S/C10H7ClN2/c11-10-6-9(12-7-13-10)8-4-2-1-3-5-8/h1-7H/i1D,2D,3D,4D,5D. The SMILES string of the molecule is [2H]c1c([2H])c([2H])c(-c2cc(Cl)ncn2)c([2H])c1[2H]. The lowest BCUT2D eigenvalue weighted by atomic mass is 10.1. The highest BCUT2D eigenvalue weighted by molar-refractivity contribution is 6.29. The second kappa shape index (κ2) is 3.54. The zero-order valence-electron chi connectivity index (χ0n) is 11.4. The molecule has 13 heavy (non-hydrogen) atoms. The lowest BCUT2D eigenvalue weighted by Crippen LogP contribution is -1.84. The molecule has 2 rings (SSSR count). The summed E-state index contributed by atoms with van der Waals surface area (Å²) in [7, 11) is 0. The van der Waals surface area contributed by atoms with E-state index in [4.69, 9.17) is 18.5 Å². The predicted octanol–water partition coefficient (Wildman–Crippen LogP) is 2.80. The van der Waals surface area contributed by atoms with Gasteiger partial charge in [-0.3, -0.25) is 0 Å². The highest BCUT2D eigenvalue weighted by atomic mass is 35.5. The maximum atomic E-state index is 7.77. The van der Waals surface area contributed by atoms with Crippen molar-refractivity contribution in [3.8, 4) is 11.3 Å². The molecule has 2 nitrogen and oxygen atoms in total. The monoisotopic (exact) mass is 195 g/mol. The minimum Gasteiger partial charge on any atom is -0.236 e. The maximum Gasteiger partial charge on any atom is 0.133 e. The van der Waals surface area contributed by atoms with Crippen LogP contribution >= 0.6 is 11.6 Å². The van der Waals surface area contributed by atoms with Crippen molar-refractivity contribution in [2.24, 2.45) is 0 Å². The van der Waals surface area contributed by atoms with E-state index in [0.717, 1.165) is 0 Å². The van der Waals surface area contributed by atoms with Crippen molar-refractivity contribution in [2.75, 3.05) is 0 Å². The smallest absolute Gasteiger partial charge is 0.133 e. The summed E-state index contributed by atoms with van der Waals surface area (Å²) >= 11 is 5.71. The molecule has 0 aliphatic rings. The summed E-state index contributed by atoms with van der Waals surface area (Å²) in [6.07, 6.45) is 1.18. The van der Waals surface area contributed by atoms with Crippen molar-refractivity contribution in [2.45, 2.75) is 0 Å². The average Bonchev–Trinajstić information content (AvgIpc) is 2.34. The molecule has 0 radical (unpaired) electrons. The molecule has 0 unspecified atom stereocenters. The van der Waals surface area contributed by atoms with Crippen LogP contribution in [0.2, 0.25) is 5.15 Å². The average molecular weight is 196 g/mol. The Hall–Kier alpha value is -1.41. The van der Waals surface area contributed by atoms with Crippen molar-refractivity contribution in [1.82, 2.24) is 9.97 Å². The normalized spacial score (nSPS) is 15.3. The number of benzene rings is 1. The van der Waals surface area contributed by atoms with Gasteiger partial charge in [0, 0.05) is 11.6 Å². The molecule has 0 saturated heterocycles. The quantitative estimate of drug-likeness (QED) is 0.654.